The molecule has 5 heteroatoms. The number of likely N-dealkylation sites (tertiary alicyclic amines) is 1. The van der Waals surface area contributed by atoms with E-state index in [0.717, 1.165) is 0 Å². The van der Waals surface area contributed by atoms with Crippen molar-refractivity contribution in [2.75, 3.05) is 13.1 Å². The molecule has 0 radical (unpaired) electrons. The van der Waals surface area contributed by atoms with Crippen molar-refractivity contribution in [1.82, 2.24) is 4.90 Å². The van der Waals surface area contributed by atoms with Crippen LogP contribution in [0, 0.1) is 5.92 Å². The van der Waals surface area contributed by atoms with Crippen LogP contribution >= 0.6 is 0 Å². The monoisotopic (exact) mass is 207 g/mol. The fourth-order valence-corrected chi connectivity index (χ4v) is 1.89. The Labute approximate surface area is 81.7 Å². The second-order valence-electron chi connectivity index (χ2n) is 3.64. The number of aliphatic carboxylic acids is 1. The fourth-order valence-electron chi connectivity index (χ4n) is 1.89. The van der Waals surface area contributed by atoms with Crippen LogP contribution in [0.25, 0.3) is 0 Å². The van der Waals surface area contributed by atoms with E-state index in [1.807, 2.05) is 0 Å². The number of alkyl halides is 2. The molecule has 0 bridgehead atoms. The van der Waals surface area contributed by atoms with Gasteiger partial charge in [0.2, 0.25) is 6.43 Å². The van der Waals surface area contributed by atoms with Crippen LogP contribution in [0.2, 0.25) is 0 Å². The minimum atomic E-state index is -2.33. The number of hydrogen-bond donors (Lipinski definition) is 1. The highest BCUT2D eigenvalue weighted by Crippen LogP contribution is 2.25. The first-order valence-electron chi connectivity index (χ1n) is 4.81. The molecule has 1 fully saturated rings. The maximum Gasteiger partial charge on any atom is 0.320 e. The highest BCUT2D eigenvalue weighted by atomic mass is 19.3. The van der Waals surface area contributed by atoms with Gasteiger partial charge in [0.25, 0.3) is 0 Å². The highest BCUT2D eigenvalue weighted by Gasteiger charge is 2.34. The SMILES string of the molecule is CC[C@H](C(=O)O)N1CC[C@@H](C(F)F)C1. The zero-order valence-corrected chi connectivity index (χ0v) is 8.12. The molecule has 1 heterocycles. The van der Waals surface area contributed by atoms with E-state index in [2.05, 4.69) is 0 Å². The maximum absolute atomic E-state index is 12.3. The Hall–Kier alpha value is -0.710. The van der Waals surface area contributed by atoms with E-state index in [4.69, 9.17) is 5.11 Å². The maximum atomic E-state index is 12.3. The zero-order valence-electron chi connectivity index (χ0n) is 8.12. The second kappa shape index (κ2) is 4.68. The molecule has 82 valence electrons. The van der Waals surface area contributed by atoms with E-state index in [1.165, 1.54) is 0 Å². The summed E-state index contributed by atoms with van der Waals surface area (Å²) in [7, 11) is 0. The number of carboxylic acid groups (broad SMARTS) is 1. The molecule has 1 aliphatic heterocycles. The van der Waals surface area contributed by atoms with E-state index in [0.29, 0.717) is 19.4 Å². The zero-order chi connectivity index (χ0) is 10.7. The van der Waals surface area contributed by atoms with E-state index in [-0.39, 0.29) is 6.54 Å². The van der Waals surface area contributed by atoms with Crippen molar-refractivity contribution in [3.63, 3.8) is 0 Å². The molecule has 0 amide bonds. The highest BCUT2D eigenvalue weighted by molar-refractivity contribution is 5.73. The van der Waals surface area contributed by atoms with Gasteiger partial charge in [0.1, 0.15) is 6.04 Å². The van der Waals surface area contributed by atoms with Crippen LogP contribution in [0.5, 0.6) is 0 Å². The molecule has 0 aromatic carbocycles. The number of halogens is 2. The number of rotatable bonds is 4. The molecule has 0 aromatic heterocycles. The summed E-state index contributed by atoms with van der Waals surface area (Å²) in [4.78, 5) is 12.4. The molecule has 1 saturated heterocycles. The fraction of sp³-hybridized carbons (Fsp3) is 0.889. The van der Waals surface area contributed by atoms with E-state index >= 15 is 0 Å². The summed E-state index contributed by atoms with van der Waals surface area (Å²) in [6.45, 7) is 2.44. The molecule has 1 aliphatic rings. The summed E-state index contributed by atoms with van der Waals surface area (Å²) in [6, 6.07) is -0.598. The summed E-state index contributed by atoms with van der Waals surface area (Å²) in [5.41, 5.74) is 0. The van der Waals surface area contributed by atoms with Gasteiger partial charge in [-0.1, -0.05) is 6.92 Å². The Morgan fingerprint density at radius 3 is 2.64 bits per heavy atom. The van der Waals surface area contributed by atoms with Gasteiger partial charge in [-0.2, -0.15) is 0 Å². The molecular weight excluding hydrogens is 192 g/mol. The Morgan fingerprint density at radius 2 is 2.29 bits per heavy atom. The molecule has 1 N–H and O–H groups in total. The van der Waals surface area contributed by atoms with Gasteiger partial charge in [0, 0.05) is 12.5 Å². The minimum Gasteiger partial charge on any atom is -0.480 e. The molecule has 14 heavy (non-hydrogen) atoms. The van der Waals surface area contributed by atoms with Crippen LogP contribution in [-0.2, 0) is 4.79 Å². The Balaban J connectivity index is 2.51. The van der Waals surface area contributed by atoms with Crippen LogP contribution in [0.3, 0.4) is 0 Å². The summed E-state index contributed by atoms with van der Waals surface area (Å²) in [6.07, 6.45) is -1.46. The molecular formula is C9H15F2NO2. The second-order valence-corrected chi connectivity index (χ2v) is 3.64. The van der Waals surface area contributed by atoms with Gasteiger partial charge in [-0.25, -0.2) is 8.78 Å². The first-order chi connectivity index (χ1) is 6.56. The normalized spacial score (nSPS) is 25.6. The predicted molar refractivity (Wildman–Crippen MR) is 47.4 cm³/mol. The lowest BCUT2D eigenvalue weighted by molar-refractivity contribution is -0.143. The van der Waals surface area contributed by atoms with Crippen LogP contribution in [0.15, 0.2) is 0 Å². The third-order valence-electron chi connectivity index (χ3n) is 2.73. The molecule has 0 aliphatic carbocycles. The quantitative estimate of drug-likeness (QED) is 0.758. The molecule has 2 atom stereocenters. The van der Waals surface area contributed by atoms with E-state index < -0.39 is 24.4 Å². The minimum absolute atomic E-state index is 0.211. The van der Waals surface area contributed by atoms with Crippen molar-refractivity contribution in [2.45, 2.75) is 32.2 Å². The molecule has 0 saturated carbocycles. The van der Waals surface area contributed by atoms with Gasteiger partial charge in [0.05, 0.1) is 0 Å². The van der Waals surface area contributed by atoms with Crippen molar-refractivity contribution < 1.29 is 18.7 Å². The van der Waals surface area contributed by atoms with Crippen LogP contribution in [0.1, 0.15) is 19.8 Å². The van der Waals surface area contributed by atoms with Crippen LogP contribution in [-0.4, -0.2) is 41.5 Å². The van der Waals surface area contributed by atoms with Crippen LogP contribution < -0.4 is 0 Å². The lowest BCUT2D eigenvalue weighted by atomic mass is 10.1. The number of nitrogens with zero attached hydrogens (tertiary/aromatic N) is 1. The average molecular weight is 207 g/mol. The molecule has 3 nitrogen and oxygen atoms in total. The van der Waals surface area contributed by atoms with Gasteiger partial charge in [-0.15, -0.1) is 0 Å². The molecule has 0 unspecified atom stereocenters. The number of hydrogen-bond acceptors (Lipinski definition) is 2. The first kappa shape index (κ1) is 11.4. The van der Waals surface area contributed by atoms with Crippen molar-refractivity contribution >= 4 is 5.97 Å². The Bertz CT molecular complexity index is 211. The summed E-state index contributed by atoms with van der Waals surface area (Å²) >= 11 is 0. The third kappa shape index (κ3) is 2.41. The lowest BCUT2D eigenvalue weighted by Crippen LogP contribution is -2.39. The first-order valence-corrected chi connectivity index (χ1v) is 4.81. The van der Waals surface area contributed by atoms with Crippen molar-refractivity contribution in [3.05, 3.63) is 0 Å². The van der Waals surface area contributed by atoms with E-state index in [1.54, 1.807) is 11.8 Å². The van der Waals surface area contributed by atoms with Gasteiger partial charge in [-0.05, 0) is 19.4 Å². The lowest BCUT2D eigenvalue weighted by Gasteiger charge is -2.22. The summed E-state index contributed by atoms with van der Waals surface area (Å²) in [5, 5.41) is 8.83. The smallest absolute Gasteiger partial charge is 0.320 e. The van der Waals surface area contributed by atoms with Crippen molar-refractivity contribution in [1.29, 1.82) is 0 Å². The predicted octanol–water partition coefficient (Wildman–Crippen LogP) is 1.44. The van der Waals surface area contributed by atoms with Crippen molar-refractivity contribution in [3.8, 4) is 0 Å². The van der Waals surface area contributed by atoms with Gasteiger partial charge < -0.3 is 5.11 Å². The number of carboxylic acids is 1. The molecule has 1 rings (SSSR count). The van der Waals surface area contributed by atoms with E-state index in [9.17, 15) is 13.6 Å². The third-order valence-corrected chi connectivity index (χ3v) is 2.73. The van der Waals surface area contributed by atoms with Crippen LogP contribution in [0.4, 0.5) is 8.78 Å². The van der Waals surface area contributed by atoms with Gasteiger partial charge >= 0.3 is 5.97 Å². The standard InChI is InChI=1S/C9H15F2NO2/c1-2-7(9(13)14)12-4-3-6(5-12)8(10)11/h6-8H,2-5H2,1H3,(H,13,14)/t6-,7-/m1/s1. The van der Waals surface area contributed by atoms with Crippen molar-refractivity contribution in [2.24, 2.45) is 5.92 Å². The Morgan fingerprint density at radius 1 is 1.64 bits per heavy atom. The topological polar surface area (TPSA) is 40.5 Å². The summed E-state index contributed by atoms with van der Waals surface area (Å²) in [5.74, 6) is -1.56. The largest absolute Gasteiger partial charge is 0.480 e. The molecule has 0 aromatic rings. The van der Waals surface area contributed by atoms with Gasteiger partial charge in [-0.3, -0.25) is 9.69 Å². The average Bonchev–Trinajstić information content (AvgIpc) is 2.53. The summed E-state index contributed by atoms with van der Waals surface area (Å²) < 4.78 is 24.6. The van der Waals surface area contributed by atoms with Gasteiger partial charge in [0.15, 0.2) is 0 Å². The molecule has 0 spiro atoms. The number of carbonyl (C=O) groups is 1. The Kier molecular flexibility index (Phi) is 3.80.